The average Bonchev–Trinajstić information content (AvgIpc) is 2.16. The van der Waals surface area contributed by atoms with Gasteiger partial charge < -0.3 is 5.32 Å². The Labute approximate surface area is 99.3 Å². The fourth-order valence-corrected chi connectivity index (χ4v) is 1.82. The van der Waals surface area contributed by atoms with Crippen LogP contribution in [0.2, 0.25) is 5.15 Å². The zero-order chi connectivity index (χ0) is 12.2. The number of primary sulfonamides is 1. The van der Waals surface area contributed by atoms with Crippen LogP contribution in [0.3, 0.4) is 0 Å². The molecule has 0 atom stereocenters. The molecule has 0 aliphatic carbocycles. The first-order valence-corrected chi connectivity index (χ1v) is 6.77. The first-order valence-electron chi connectivity index (χ1n) is 4.67. The third-order valence-electron chi connectivity index (χ3n) is 1.93. The number of hydrogen-bond donors (Lipinski definition) is 2. The lowest BCUT2D eigenvalue weighted by atomic mass is 10.2. The van der Waals surface area contributed by atoms with Gasteiger partial charge >= 0.3 is 0 Å². The monoisotopic (exact) mass is 264 g/mol. The first-order chi connectivity index (χ1) is 7.44. The summed E-state index contributed by atoms with van der Waals surface area (Å²) in [5.41, 5.74) is 0.763. The van der Waals surface area contributed by atoms with Gasteiger partial charge in [0.25, 0.3) is 0 Å². The molecule has 16 heavy (non-hydrogen) atoms. The fraction of sp³-hybridized carbons (Fsp3) is 0.500. The highest BCUT2D eigenvalue weighted by Crippen LogP contribution is 2.19. The Kier molecular flexibility index (Phi) is 4.45. The van der Waals surface area contributed by atoms with Crippen molar-refractivity contribution < 1.29 is 8.42 Å². The van der Waals surface area contributed by atoms with E-state index in [1.165, 1.54) is 6.33 Å². The first kappa shape index (κ1) is 13.1. The third-order valence-corrected chi connectivity index (χ3v) is 3.02. The zero-order valence-electron chi connectivity index (χ0n) is 8.77. The highest BCUT2D eigenvalue weighted by Gasteiger charge is 2.08. The van der Waals surface area contributed by atoms with E-state index in [2.05, 4.69) is 15.3 Å². The molecule has 1 aromatic rings. The Balaban J connectivity index is 2.71. The standard InChI is InChI=1S/C8H13ClN4O2S/c1-2-6-7(9)12-5-13-8(6)11-3-4-16(10,14)15/h5H,2-4H2,1H3,(H2,10,14,15)(H,11,12,13). The van der Waals surface area contributed by atoms with Gasteiger partial charge in [-0.05, 0) is 6.42 Å². The Bertz CT molecular complexity index is 463. The van der Waals surface area contributed by atoms with Gasteiger partial charge in [0.05, 0.1) is 5.75 Å². The molecule has 1 heterocycles. The van der Waals surface area contributed by atoms with E-state index in [0.29, 0.717) is 17.4 Å². The summed E-state index contributed by atoms with van der Waals surface area (Å²) >= 11 is 5.86. The van der Waals surface area contributed by atoms with Gasteiger partial charge in [-0.3, -0.25) is 0 Å². The van der Waals surface area contributed by atoms with Gasteiger partial charge in [0.15, 0.2) is 0 Å². The number of sulfonamides is 1. The summed E-state index contributed by atoms with van der Waals surface area (Å²) in [6.07, 6.45) is 1.98. The van der Waals surface area contributed by atoms with Crippen LogP contribution in [0, 0.1) is 0 Å². The largest absolute Gasteiger partial charge is 0.369 e. The highest BCUT2D eigenvalue weighted by molar-refractivity contribution is 7.89. The van der Waals surface area contributed by atoms with Gasteiger partial charge in [0.1, 0.15) is 17.3 Å². The van der Waals surface area contributed by atoms with E-state index in [1.807, 2.05) is 6.92 Å². The van der Waals surface area contributed by atoms with Crippen LogP contribution < -0.4 is 10.5 Å². The van der Waals surface area contributed by atoms with Crippen LogP contribution >= 0.6 is 11.6 Å². The minimum absolute atomic E-state index is 0.155. The van der Waals surface area contributed by atoms with Crippen molar-refractivity contribution in [2.75, 3.05) is 17.6 Å². The number of hydrogen-bond acceptors (Lipinski definition) is 5. The Morgan fingerprint density at radius 1 is 1.50 bits per heavy atom. The van der Waals surface area contributed by atoms with Gasteiger partial charge in [-0.1, -0.05) is 18.5 Å². The summed E-state index contributed by atoms with van der Waals surface area (Å²) in [4.78, 5) is 7.83. The Hall–Kier alpha value is -0.920. The van der Waals surface area contributed by atoms with Crippen molar-refractivity contribution >= 4 is 27.4 Å². The van der Waals surface area contributed by atoms with Crippen LogP contribution in [0.1, 0.15) is 12.5 Å². The van der Waals surface area contributed by atoms with Crippen LogP contribution in [-0.4, -0.2) is 30.7 Å². The molecule has 6 nitrogen and oxygen atoms in total. The Morgan fingerprint density at radius 2 is 2.19 bits per heavy atom. The lowest BCUT2D eigenvalue weighted by molar-refractivity contribution is 0.598. The number of nitrogens with zero attached hydrogens (tertiary/aromatic N) is 2. The van der Waals surface area contributed by atoms with E-state index in [1.54, 1.807) is 0 Å². The molecule has 0 saturated carbocycles. The summed E-state index contributed by atoms with van der Waals surface area (Å²) < 4.78 is 21.4. The maximum absolute atomic E-state index is 10.7. The summed E-state index contributed by atoms with van der Waals surface area (Å²) in [7, 11) is -3.46. The van der Waals surface area contributed by atoms with E-state index in [4.69, 9.17) is 16.7 Å². The molecule has 1 rings (SSSR count). The second-order valence-electron chi connectivity index (χ2n) is 3.14. The molecule has 0 aromatic carbocycles. The number of aromatic nitrogens is 2. The normalized spacial score (nSPS) is 11.4. The maximum Gasteiger partial charge on any atom is 0.210 e. The molecule has 90 valence electrons. The molecule has 0 aliphatic heterocycles. The summed E-state index contributed by atoms with van der Waals surface area (Å²) in [6, 6.07) is 0. The van der Waals surface area contributed by atoms with Crippen molar-refractivity contribution in [3.63, 3.8) is 0 Å². The predicted octanol–water partition coefficient (Wildman–Crippen LogP) is 0.393. The van der Waals surface area contributed by atoms with Crippen molar-refractivity contribution in [2.24, 2.45) is 5.14 Å². The molecule has 0 saturated heterocycles. The molecule has 0 fully saturated rings. The van der Waals surface area contributed by atoms with Crippen LogP contribution in [0.15, 0.2) is 6.33 Å². The molecular formula is C8H13ClN4O2S. The second-order valence-corrected chi connectivity index (χ2v) is 5.23. The second kappa shape index (κ2) is 5.42. The molecule has 0 unspecified atom stereocenters. The van der Waals surface area contributed by atoms with Crippen molar-refractivity contribution in [1.82, 2.24) is 9.97 Å². The van der Waals surface area contributed by atoms with Crippen molar-refractivity contribution in [3.05, 3.63) is 17.0 Å². The van der Waals surface area contributed by atoms with Gasteiger partial charge in [-0.25, -0.2) is 23.5 Å². The third kappa shape index (κ3) is 3.92. The highest BCUT2D eigenvalue weighted by atomic mass is 35.5. The van der Waals surface area contributed by atoms with Crippen LogP contribution in [0.4, 0.5) is 5.82 Å². The lowest BCUT2D eigenvalue weighted by Crippen LogP contribution is -2.23. The van der Waals surface area contributed by atoms with E-state index >= 15 is 0 Å². The molecule has 0 aliphatic rings. The molecule has 0 radical (unpaired) electrons. The lowest BCUT2D eigenvalue weighted by Gasteiger charge is -2.09. The summed E-state index contributed by atoms with van der Waals surface area (Å²) in [5.74, 6) is 0.392. The predicted molar refractivity (Wildman–Crippen MR) is 62.9 cm³/mol. The minimum atomic E-state index is -3.46. The van der Waals surface area contributed by atoms with E-state index in [-0.39, 0.29) is 12.3 Å². The number of nitrogens with two attached hydrogens (primary N) is 1. The SMILES string of the molecule is CCc1c(Cl)ncnc1NCCS(N)(=O)=O. The smallest absolute Gasteiger partial charge is 0.210 e. The van der Waals surface area contributed by atoms with Gasteiger partial charge in [-0.15, -0.1) is 0 Å². The quantitative estimate of drug-likeness (QED) is 0.750. The minimum Gasteiger partial charge on any atom is -0.369 e. The summed E-state index contributed by atoms with van der Waals surface area (Å²) in [6.45, 7) is 2.11. The Morgan fingerprint density at radius 3 is 2.75 bits per heavy atom. The van der Waals surface area contributed by atoms with E-state index in [9.17, 15) is 8.42 Å². The van der Waals surface area contributed by atoms with Crippen LogP contribution in [-0.2, 0) is 16.4 Å². The maximum atomic E-state index is 10.7. The van der Waals surface area contributed by atoms with E-state index in [0.717, 1.165) is 5.56 Å². The zero-order valence-corrected chi connectivity index (χ0v) is 10.3. The number of halogens is 1. The molecule has 1 aromatic heterocycles. The number of nitrogens with one attached hydrogen (secondary N) is 1. The topological polar surface area (TPSA) is 98.0 Å². The van der Waals surface area contributed by atoms with Crippen LogP contribution in [0.5, 0.6) is 0 Å². The van der Waals surface area contributed by atoms with E-state index < -0.39 is 10.0 Å². The van der Waals surface area contributed by atoms with Crippen molar-refractivity contribution in [1.29, 1.82) is 0 Å². The molecule has 0 amide bonds. The number of rotatable bonds is 5. The molecule has 0 spiro atoms. The number of anilines is 1. The summed E-state index contributed by atoms with van der Waals surface area (Å²) in [5, 5.41) is 8.11. The molecule has 0 bridgehead atoms. The van der Waals surface area contributed by atoms with Gasteiger partial charge in [0, 0.05) is 12.1 Å². The average molecular weight is 265 g/mol. The molecular weight excluding hydrogens is 252 g/mol. The van der Waals surface area contributed by atoms with Crippen molar-refractivity contribution in [3.8, 4) is 0 Å². The van der Waals surface area contributed by atoms with Crippen molar-refractivity contribution in [2.45, 2.75) is 13.3 Å². The fourth-order valence-electron chi connectivity index (χ4n) is 1.17. The molecule has 8 heteroatoms. The molecule has 3 N–H and O–H groups in total. The van der Waals surface area contributed by atoms with Gasteiger partial charge in [-0.2, -0.15) is 0 Å². The van der Waals surface area contributed by atoms with Crippen LogP contribution in [0.25, 0.3) is 0 Å². The van der Waals surface area contributed by atoms with Gasteiger partial charge in [0.2, 0.25) is 10.0 Å².